The molecule has 1 aromatic carbocycles. The summed E-state index contributed by atoms with van der Waals surface area (Å²) in [5.74, 6) is 0.0192. The Morgan fingerprint density at radius 1 is 1.21 bits per heavy atom. The van der Waals surface area contributed by atoms with Crippen LogP contribution in [0.4, 0.5) is 18.9 Å². The fourth-order valence-corrected chi connectivity index (χ4v) is 4.52. The molecule has 0 bridgehead atoms. The topological polar surface area (TPSA) is 46.2 Å². The van der Waals surface area contributed by atoms with E-state index in [9.17, 15) is 21.6 Å². The minimum Gasteiger partial charge on any atom is -0.383 e. The molecule has 1 heterocycles. The lowest BCUT2D eigenvalue weighted by Crippen LogP contribution is -2.20. The molecule has 3 rings (SSSR count). The maximum Gasteiger partial charge on any atom is 0.416 e. The maximum absolute atomic E-state index is 12.6. The summed E-state index contributed by atoms with van der Waals surface area (Å²) >= 11 is 0. The van der Waals surface area contributed by atoms with Gasteiger partial charge in [0.2, 0.25) is 0 Å². The zero-order chi connectivity index (χ0) is 13.9. The highest BCUT2D eigenvalue weighted by Gasteiger charge is 2.48. The lowest BCUT2D eigenvalue weighted by molar-refractivity contribution is -0.137. The number of hydrogen-bond acceptors (Lipinski definition) is 3. The van der Waals surface area contributed by atoms with Crippen LogP contribution < -0.4 is 5.32 Å². The Morgan fingerprint density at radius 3 is 2.47 bits per heavy atom. The van der Waals surface area contributed by atoms with Crippen LogP contribution in [0.25, 0.3) is 0 Å². The zero-order valence-corrected chi connectivity index (χ0v) is 10.7. The van der Waals surface area contributed by atoms with Crippen LogP contribution in [-0.2, 0) is 16.0 Å². The van der Waals surface area contributed by atoms with Gasteiger partial charge >= 0.3 is 6.18 Å². The normalized spacial score (nSPS) is 23.3. The predicted molar refractivity (Wildman–Crippen MR) is 63.7 cm³/mol. The van der Waals surface area contributed by atoms with E-state index >= 15 is 0 Å². The quantitative estimate of drug-likeness (QED) is 0.799. The highest BCUT2D eigenvalue weighted by molar-refractivity contribution is 7.91. The van der Waals surface area contributed by atoms with Crippen molar-refractivity contribution in [2.45, 2.75) is 23.9 Å². The van der Waals surface area contributed by atoms with Gasteiger partial charge in [-0.1, -0.05) is 0 Å². The van der Waals surface area contributed by atoms with Crippen LogP contribution in [0.5, 0.6) is 0 Å². The van der Waals surface area contributed by atoms with Crippen molar-refractivity contribution in [2.75, 3.05) is 17.6 Å². The third-order valence-electron chi connectivity index (χ3n) is 3.75. The third-order valence-corrected chi connectivity index (χ3v) is 5.77. The molecule has 1 saturated carbocycles. The Hall–Kier alpha value is -1.24. The van der Waals surface area contributed by atoms with E-state index in [4.69, 9.17) is 0 Å². The minimum absolute atomic E-state index is 0.0192. The lowest BCUT2D eigenvalue weighted by atomic mass is 10.1. The third kappa shape index (κ3) is 2.20. The van der Waals surface area contributed by atoms with E-state index in [1.165, 1.54) is 0 Å². The number of rotatable bonds is 0. The lowest BCUT2D eigenvalue weighted by Gasteiger charge is -2.12. The van der Waals surface area contributed by atoms with Crippen LogP contribution in [0.15, 0.2) is 23.1 Å². The van der Waals surface area contributed by atoms with Gasteiger partial charge in [0.25, 0.3) is 0 Å². The van der Waals surface area contributed by atoms with Crippen molar-refractivity contribution < 1.29 is 21.6 Å². The van der Waals surface area contributed by atoms with Crippen LogP contribution in [0, 0.1) is 5.41 Å². The van der Waals surface area contributed by atoms with Crippen LogP contribution in [0.3, 0.4) is 0 Å². The number of anilines is 1. The molecule has 3 nitrogen and oxygen atoms in total. The second kappa shape index (κ2) is 3.65. The van der Waals surface area contributed by atoms with E-state index in [2.05, 4.69) is 5.32 Å². The van der Waals surface area contributed by atoms with Crippen molar-refractivity contribution in [3.8, 4) is 0 Å². The summed E-state index contributed by atoms with van der Waals surface area (Å²) in [4.78, 5) is -0.0238. The van der Waals surface area contributed by atoms with E-state index < -0.39 is 21.6 Å². The molecule has 1 aliphatic carbocycles. The molecule has 0 atom stereocenters. The van der Waals surface area contributed by atoms with E-state index in [1.807, 2.05) is 0 Å². The minimum atomic E-state index is -4.47. The van der Waals surface area contributed by atoms with Gasteiger partial charge in [-0.05, 0) is 31.0 Å². The van der Waals surface area contributed by atoms with Gasteiger partial charge in [-0.15, -0.1) is 0 Å². The molecule has 1 spiro atoms. The largest absolute Gasteiger partial charge is 0.416 e. The molecule has 2 aliphatic rings. The molecule has 0 saturated heterocycles. The van der Waals surface area contributed by atoms with Gasteiger partial charge in [-0.2, -0.15) is 13.2 Å². The SMILES string of the molecule is O=S1(=O)CC2(CC2)CNc2cc(C(F)(F)F)ccc21. The summed E-state index contributed by atoms with van der Waals surface area (Å²) in [5.41, 5.74) is -1.05. The van der Waals surface area contributed by atoms with Crippen molar-refractivity contribution in [3.63, 3.8) is 0 Å². The standard InChI is InChI=1S/C12H12F3NO2S/c13-12(14,15)8-1-2-10-9(5-8)16-6-11(3-4-11)7-19(10,17)18/h1-2,5,16H,3-4,6-7H2. The fourth-order valence-electron chi connectivity index (χ4n) is 2.43. The molecule has 1 aliphatic heterocycles. The average molecular weight is 291 g/mol. The van der Waals surface area contributed by atoms with E-state index in [1.54, 1.807) is 0 Å². The van der Waals surface area contributed by atoms with Gasteiger partial charge in [0.05, 0.1) is 21.9 Å². The van der Waals surface area contributed by atoms with Crippen molar-refractivity contribution in [3.05, 3.63) is 23.8 Å². The van der Waals surface area contributed by atoms with E-state index in [0.29, 0.717) is 6.54 Å². The Kier molecular flexibility index (Phi) is 2.46. The number of benzene rings is 1. The Bertz CT molecular complexity index is 633. The molecule has 0 radical (unpaired) electrons. The summed E-state index contributed by atoms with van der Waals surface area (Å²) in [6.07, 6.45) is -2.86. The van der Waals surface area contributed by atoms with Crippen LogP contribution >= 0.6 is 0 Å². The number of halogens is 3. The van der Waals surface area contributed by atoms with Crippen molar-refractivity contribution in [2.24, 2.45) is 5.41 Å². The van der Waals surface area contributed by atoms with Gasteiger partial charge in [0.1, 0.15) is 0 Å². The molecule has 7 heteroatoms. The summed E-state index contributed by atoms with van der Waals surface area (Å²) in [6.45, 7) is 0.417. The number of sulfone groups is 1. The molecule has 1 fully saturated rings. The van der Waals surface area contributed by atoms with E-state index in [0.717, 1.165) is 31.0 Å². The van der Waals surface area contributed by atoms with Gasteiger partial charge in [0, 0.05) is 12.0 Å². The summed E-state index contributed by atoms with van der Waals surface area (Å²) in [7, 11) is -3.52. The summed E-state index contributed by atoms with van der Waals surface area (Å²) in [5, 5.41) is 2.87. The van der Waals surface area contributed by atoms with Gasteiger partial charge in [-0.25, -0.2) is 8.42 Å². The van der Waals surface area contributed by atoms with Crippen molar-refractivity contribution in [1.29, 1.82) is 0 Å². The fraction of sp³-hybridized carbons (Fsp3) is 0.500. The highest BCUT2D eigenvalue weighted by Crippen LogP contribution is 2.50. The number of fused-ring (bicyclic) bond motifs is 1. The van der Waals surface area contributed by atoms with Gasteiger partial charge < -0.3 is 5.32 Å². The second-order valence-corrected chi connectivity index (χ2v) is 7.28. The van der Waals surface area contributed by atoms with E-state index in [-0.39, 0.29) is 21.8 Å². The molecule has 1 aromatic rings. The number of nitrogens with one attached hydrogen (secondary N) is 1. The molecule has 0 aromatic heterocycles. The first-order valence-corrected chi connectivity index (χ1v) is 7.55. The average Bonchev–Trinajstić information content (AvgIpc) is 3.05. The van der Waals surface area contributed by atoms with Gasteiger partial charge in [-0.3, -0.25) is 0 Å². The Labute approximate surface area is 108 Å². The number of alkyl halides is 3. The maximum atomic E-state index is 12.6. The first kappa shape index (κ1) is 12.8. The zero-order valence-electron chi connectivity index (χ0n) is 9.92. The van der Waals surface area contributed by atoms with Crippen molar-refractivity contribution in [1.82, 2.24) is 0 Å². The molecule has 0 unspecified atom stereocenters. The monoisotopic (exact) mass is 291 g/mol. The smallest absolute Gasteiger partial charge is 0.383 e. The van der Waals surface area contributed by atoms with Crippen molar-refractivity contribution >= 4 is 15.5 Å². The molecular weight excluding hydrogens is 279 g/mol. The van der Waals surface area contributed by atoms with Crippen LogP contribution in [-0.4, -0.2) is 20.7 Å². The molecular formula is C12H12F3NO2S. The van der Waals surface area contributed by atoms with Crippen LogP contribution in [0.2, 0.25) is 0 Å². The Morgan fingerprint density at radius 2 is 1.89 bits per heavy atom. The Balaban J connectivity index is 2.09. The predicted octanol–water partition coefficient (Wildman–Crippen LogP) is 2.68. The second-order valence-electron chi connectivity index (χ2n) is 5.32. The van der Waals surface area contributed by atoms with Gasteiger partial charge in [0.15, 0.2) is 9.84 Å². The highest BCUT2D eigenvalue weighted by atomic mass is 32.2. The molecule has 19 heavy (non-hydrogen) atoms. The summed E-state index contributed by atoms with van der Waals surface area (Å²) in [6, 6.07) is 2.76. The molecule has 104 valence electrons. The first-order chi connectivity index (χ1) is 8.72. The summed E-state index contributed by atoms with van der Waals surface area (Å²) < 4.78 is 62.3. The number of hydrogen-bond donors (Lipinski definition) is 1. The molecule has 0 amide bonds. The first-order valence-electron chi connectivity index (χ1n) is 5.90. The van der Waals surface area contributed by atoms with Crippen LogP contribution in [0.1, 0.15) is 18.4 Å². The molecule has 1 N–H and O–H groups in total.